The zero-order chi connectivity index (χ0) is 13.2. The maximum Gasteiger partial charge on any atom is 0.265 e. The van der Waals surface area contributed by atoms with Gasteiger partial charge in [0.1, 0.15) is 0 Å². The molecule has 0 unspecified atom stereocenters. The Hall–Kier alpha value is -1.72. The van der Waals surface area contributed by atoms with Gasteiger partial charge >= 0.3 is 0 Å². The van der Waals surface area contributed by atoms with Crippen molar-refractivity contribution in [2.24, 2.45) is 0 Å². The summed E-state index contributed by atoms with van der Waals surface area (Å²) in [6.45, 7) is 0. The number of nitrogens with one attached hydrogen (secondary N) is 1. The number of benzene rings is 1. The highest BCUT2D eigenvalue weighted by Crippen LogP contribution is 2.27. The molecule has 0 saturated carbocycles. The van der Waals surface area contributed by atoms with Gasteiger partial charge in [0.2, 0.25) is 0 Å². The minimum atomic E-state index is -0.104. The SMILES string of the molecule is O=C(Nc1ccncc1Br)c1cc2ccccc2s1. The molecule has 0 bridgehead atoms. The second-order valence-corrected chi connectivity index (χ2v) is 5.90. The molecule has 19 heavy (non-hydrogen) atoms. The summed E-state index contributed by atoms with van der Waals surface area (Å²) in [5, 5.41) is 3.96. The minimum Gasteiger partial charge on any atom is -0.320 e. The fraction of sp³-hybridized carbons (Fsp3) is 0. The van der Waals surface area contributed by atoms with Gasteiger partial charge in [0, 0.05) is 17.1 Å². The molecule has 0 aliphatic heterocycles. The lowest BCUT2D eigenvalue weighted by Crippen LogP contribution is -2.10. The number of aromatic nitrogens is 1. The second-order valence-electron chi connectivity index (χ2n) is 3.96. The Labute approximate surface area is 122 Å². The zero-order valence-electron chi connectivity index (χ0n) is 9.76. The van der Waals surface area contributed by atoms with Gasteiger partial charge in [0.05, 0.1) is 15.0 Å². The molecule has 5 heteroatoms. The lowest BCUT2D eigenvalue weighted by atomic mass is 10.2. The molecule has 1 aromatic carbocycles. The summed E-state index contributed by atoms with van der Waals surface area (Å²) in [4.78, 5) is 16.9. The Morgan fingerprint density at radius 2 is 2.11 bits per heavy atom. The van der Waals surface area contributed by atoms with Crippen LogP contribution in [0.3, 0.4) is 0 Å². The molecule has 0 aliphatic carbocycles. The van der Waals surface area contributed by atoms with E-state index in [0.29, 0.717) is 4.88 Å². The number of pyridine rings is 1. The Morgan fingerprint density at radius 3 is 2.89 bits per heavy atom. The average molecular weight is 333 g/mol. The number of fused-ring (bicyclic) bond motifs is 1. The van der Waals surface area contributed by atoms with Crippen LogP contribution in [0.4, 0.5) is 5.69 Å². The molecular formula is C14H9BrN2OS. The molecule has 3 nitrogen and oxygen atoms in total. The van der Waals surface area contributed by atoms with Crippen LogP contribution in [-0.2, 0) is 0 Å². The van der Waals surface area contributed by atoms with Gasteiger partial charge in [0.15, 0.2) is 0 Å². The Kier molecular flexibility index (Phi) is 3.31. The van der Waals surface area contributed by atoms with E-state index < -0.39 is 0 Å². The van der Waals surface area contributed by atoms with Gasteiger partial charge in [-0.3, -0.25) is 9.78 Å². The van der Waals surface area contributed by atoms with Crippen molar-refractivity contribution >= 4 is 48.9 Å². The van der Waals surface area contributed by atoms with Crippen LogP contribution in [0.5, 0.6) is 0 Å². The first-order chi connectivity index (χ1) is 9.24. The third-order valence-electron chi connectivity index (χ3n) is 2.67. The summed E-state index contributed by atoms with van der Waals surface area (Å²) in [6, 6.07) is 11.6. The first-order valence-electron chi connectivity index (χ1n) is 5.63. The summed E-state index contributed by atoms with van der Waals surface area (Å²) < 4.78 is 1.88. The topological polar surface area (TPSA) is 42.0 Å². The van der Waals surface area contributed by atoms with Gasteiger partial charge in [-0.15, -0.1) is 11.3 Å². The Balaban J connectivity index is 1.90. The molecule has 0 spiro atoms. The van der Waals surface area contributed by atoms with Gasteiger partial charge < -0.3 is 5.32 Å². The molecule has 0 atom stereocenters. The molecule has 0 radical (unpaired) electrons. The molecule has 1 amide bonds. The molecule has 3 rings (SSSR count). The predicted octanol–water partition coefficient (Wildman–Crippen LogP) is 4.31. The van der Waals surface area contributed by atoms with Crippen molar-refractivity contribution in [1.29, 1.82) is 0 Å². The smallest absolute Gasteiger partial charge is 0.265 e. The highest BCUT2D eigenvalue weighted by atomic mass is 79.9. The highest BCUT2D eigenvalue weighted by molar-refractivity contribution is 9.10. The van der Waals surface area contributed by atoms with Crippen LogP contribution >= 0.6 is 27.3 Å². The average Bonchev–Trinajstić information content (AvgIpc) is 2.85. The van der Waals surface area contributed by atoms with Gasteiger partial charge in [-0.1, -0.05) is 18.2 Å². The summed E-state index contributed by atoms with van der Waals surface area (Å²) in [5.74, 6) is -0.104. The molecule has 0 aliphatic rings. The van der Waals surface area contributed by atoms with Crippen molar-refractivity contribution in [1.82, 2.24) is 4.98 Å². The number of thiophene rings is 1. The van der Waals surface area contributed by atoms with E-state index in [2.05, 4.69) is 26.2 Å². The minimum absolute atomic E-state index is 0.104. The van der Waals surface area contributed by atoms with E-state index in [4.69, 9.17) is 0 Å². The summed E-state index contributed by atoms with van der Waals surface area (Å²) in [7, 11) is 0. The van der Waals surface area contributed by atoms with Crippen LogP contribution in [-0.4, -0.2) is 10.9 Å². The van der Waals surface area contributed by atoms with Crippen LogP contribution < -0.4 is 5.32 Å². The fourth-order valence-corrected chi connectivity index (χ4v) is 3.06. The highest BCUT2D eigenvalue weighted by Gasteiger charge is 2.11. The van der Waals surface area contributed by atoms with Gasteiger partial charge in [-0.2, -0.15) is 0 Å². The molecule has 2 heterocycles. The van der Waals surface area contributed by atoms with E-state index in [9.17, 15) is 4.79 Å². The summed E-state index contributed by atoms with van der Waals surface area (Å²) >= 11 is 4.85. The quantitative estimate of drug-likeness (QED) is 0.759. The molecule has 94 valence electrons. The molecule has 0 fully saturated rings. The molecular weight excluding hydrogens is 324 g/mol. The molecule has 1 N–H and O–H groups in total. The van der Waals surface area contributed by atoms with Crippen LogP contribution in [0.25, 0.3) is 10.1 Å². The number of hydrogen-bond donors (Lipinski definition) is 1. The van der Waals surface area contributed by atoms with E-state index in [-0.39, 0.29) is 5.91 Å². The second kappa shape index (κ2) is 5.11. The van der Waals surface area contributed by atoms with Crippen molar-refractivity contribution in [2.75, 3.05) is 5.32 Å². The standard InChI is InChI=1S/C14H9BrN2OS/c15-10-8-16-6-5-11(10)17-14(18)13-7-9-3-1-2-4-12(9)19-13/h1-8H,(H,16,17,18). The molecule has 0 saturated heterocycles. The van der Waals surface area contributed by atoms with Crippen LogP contribution in [0.1, 0.15) is 9.67 Å². The fourth-order valence-electron chi connectivity index (χ4n) is 1.75. The maximum atomic E-state index is 12.2. The van der Waals surface area contributed by atoms with E-state index in [0.717, 1.165) is 20.2 Å². The number of carbonyl (C=O) groups excluding carboxylic acids is 1. The first kappa shape index (κ1) is 12.3. The third-order valence-corrected chi connectivity index (χ3v) is 4.42. The Morgan fingerprint density at radius 1 is 1.26 bits per heavy atom. The van der Waals surface area contributed by atoms with Crippen molar-refractivity contribution in [3.05, 3.63) is 58.1 Å². The summed E-state index contributed by atoms with van der Waals surface area (Å²) in [6.07, 6.45) is 3.30. The number of amides is 1. The zero-order valence-corrected chi connectivity index (χ0v) is 12.2. The van der Waals surface area contributed by atoms with E-state index in [1.807, 2.05) is 30.3 Å². The monoisotopic (exact) mass is 332 g/mol. The van der Waals surface area contributed by atoms with E-state index in [1.54, 1.807) is 18.5 Å². The van der Waals surface area contributed by atoms with Gasteiger partial charge in [-0.25, -0.2) is 0 Å². The number of anilines is 1. The lowest BCUT2D eigenvalue weighted by molar-refractivity contribution is 0.103. The van der Waals surface area contributed by atoms with Gasteiger partial charge in [0.25, 0.3) is 5.91 Å². The van der Waals surface area contributed by atoms with Crippen molar-refractivity contribution in [3.63, 3.8) is 0 Å². The Bertz CT molecular complexity index is 721. The summed E-state index contributed by atoms with van der Waals surface area (Å²) in [5.41, 5.74) is 0.720. The number of halogens is 1. The van der Waals surface area contributed by atoms with E-state index >= 15 is 0 Å². The number of hydrogen-bond acceptors (Lipinski definition) is 3. The predicted molar refractivity (Wildman–Crippen MR) is 81.7 cm³/mol. The molecule has 3 aromatic rings. The number of rotatable bonds is 2. The first-order valence-corrected chi connectivity index (χ1v) is 7.24. The van der Waals surface area contributed by atoms with Gasteiger partial charge in [-0.05, 0) is 39.5 Å². The maximum absolute atomic E-state index is 12.2. The number of carbonyl (C=O) groups is 1. The number of nitrogens with zero attached hydrogens (tertiary/aromatic N) is 1. The van der Waals surface area contributed by atoms with Crippen LogP contribution in [0, 0.1) is 0 Å². The lowest BCUT2D eigenvalue weighted by Gasteiger charge is -2.04. The third kappa shape index (κ3) is 2.52. The van der Waals surface area contributed by atoms with Crippen molar-refractivity contribution in [3.8, 4) is 0 Å². The van der Waals surface area contributed by atoms with Crippen molar-refractivity contribution < 1.29 is 4.79 Å². The molecule has 2 aromatic heterocycles. The van der Waals surface area contributed by atoms with E-state index in [1.165, 1.54) is 11.3 Å². The van der Waals surface area contributed by atoms with Crippen LogP contribution in [0.15, 0.2) is 53.3 Å². The van der Waals surface area contributed by atoms with Crippen LogP contribution in [0.2, 0.25) is 0 Å². The van der Waals surface area contributed by atoms with Crippen molar-refractivity contribution in [2.45, 2.75) is 0 Å². The largest absolute Gasteiger partial charge is 0.320 e. The normalized spacial score (nSPS) is 10.6.